The molecule has 5 unspecified atom stereocenters. The van der Waals surface area contributed by atoms with E-state index in [1.165, 1.54) is 77.0 Å². The summed E-state index contributed by atoms with van der Waals surface area (Å²) in [5.74, 6) is -0.823. The molecule has 2 rings (SSSR count). The molecule has 5 atom stereocenters. The first-order valence-corrected chi connectivity index (χ1v) is 27.9. The van der Waals surface area contributed by atoms with Gasteiger partial charge >= 0.3 is 17.9 Å². The number of carbonyl (C=O) groups excluding carboxylic acids is 3. The molecule has 0 aromatic rings. The van der Waals surface area contributed by atoms with Crippen molar-refractivity contribution in [1.29, 1.82) is 0 Å². The molecule has 0 aliphatic heterocycles. The summed E-state index contributed by atoms with van der Waals surface area (Å²) in [5.41, 5.74) is -2.02. The van der Waals surface area contributed by atoms with Gasteiger partial charge in [-0.15, -0.1) is 0 Å². The lowest BCUT2D eigenvalue weighted by molar-refractivity contribution is -0.192. The quantitative estimate of drug-likeness (QED) is 0.0269. The second-order valence-corrected chi connectivity index (χ2v) is 21.9. The van der Waals surface area contributed by atoms with Crippen LogP contribution in [0, 0.1) is 21.7 Å². The van der Waals surface area contributed by atoms with Crippen molar-refractivity contribution < 1.29 is 52.6 Å². The van der Waals surface area contributed by atoms with Crippen LogP contribution in [0.2, 0.25) is 0 Å². The Bertz CT molecular complexity index is 1300. The fraction of sp³-hybridized carbons (Fsp3) is 0.946. The number of aliphatic hydroxyl groups excluding tert-OH is 1. The molecule has 12 nitrogen and oxygen atoms in total. The lowest BCUT2D eigenvalue weighted by Gasteiger charge is -2.62. The molecule has 400 valence electrons. The number of hydrogen-bond donors (Lipinski definition) is 1. The molecule has 2 fully saturated rings. The summed E-state index contributed by atoms with van der Waals surface area (Å²) in [6.07, 6.45) is 25.6. The van der Waals surface area contributed by atoms with Gasteiger partial charge < -0.3 is 43.2 Å². The first-order valence-electron chi connectivity index (χ1n) is 27.9. The first-order chi connectivity index (χ1) is 32.8. The van der Waals surface area contributed by atoms with Crippen molar-refractivity contribution in [2.45, 2.75) is 247 Å². The van der Waals surface area contributed by atoms with E-state index < -0.39 is 34.2 Å². The van der Waals surface area contributed by atoms with Crippen LogP contribution in [0.3, 0.4) is 0 Å². The number of unbranched alkanes of at least 4 members (excludes halogenated alkanes) is 15. The van der Waals surface area contributed by atoms with E-state index in [9.17, 15) is 19.5 Å². The molecular formula is C56H105NO11. The molecule has 0 radical (unpaired) electrons. The molecule has 0 aromatic heterocycles. The second-order valence-electron chi connectivity index (χ2n) is 21.9. The van der Waals surface area contributed by atoms with Gasteiger partial charge in [-0.05, 0) is 82.8 Å². The average Bonchev–Trinajstić information content (AvgIpc) is 3.32. The number of carbonyl (C=O) groups is 3. The summed E-state index contributed by atoms with van der Waals surface area (Å²) in [6, 6.07) is 0. The molecule has 2 aliphatic rings. The van der Waals surface area contributed by atoms with Crippen LogP contribution in [0.15, 0.2) is 0 Å². The van der Waals surface area contributed by atoms with Gasteiger partial charge in [-0.3, -0.25) is 14.4 Å². The molecule has 2 bridgehead atoms. The lowest BCUT2D eigenvalue weighted by atomic mass is 9.44. The van der Waals surface area contributed by atoms with Crippen LogP contribution >= 0.6 is 0 Å². The highest BCUT2D eigenvalue weighted by Gasteiger charge is 2.61. The summed E-state index contributed by atoms with van der Waals surface area (Å²) < 4.78 is 42.3. The van der Waals surface area contributed by atoms with E-state index in [2.05, 4.69) is 53.4 Å². The standard InChI is InChI=1S/C56H105NO11/c1-9-14-17-20-23-26-36-63-51(62-8)33-31-50(61)68-47-56-41-53(6,45-66-48(59)30-29-35-57(12-4)13-5)39-55(43-56,44-58)40-54(7,42-56)46-67-49(60)32-34-52(64-37-27-24-21-18-15-10-2)65-38-28-25-22-19-16-11-3/h51-52,58H,9-47H2,1-8H3. The first kappa shape index (κ1) is 62.3. The highest BCUT2D eigenvalue weighted by atomic mass is 16.7. The Hall–Kier alpha value is -1.83. The maximum Gasteiger partial charge on any atom is 0.305 e. The Morgan fingerprint density at radius 3 is 1.29 bits per heavy atom. The zero-order chi connectivity index (χ0) is 50.0. The van der Waals surface area contributed by atoms with Crippen molar-refractivity contribution in [3.05, 3.63) is 0 Å². The zero-order valence-corrected chi connectivity index (χ0v) is 45.2. The summed E-state index contributed by atoms with van der Waals surface area (Å²) in [5, 5.41) is 11.3. The van der Waals surface area contributed by atoms with E-state index in [0.717, 1.165) is 64.6 Å². The number of aliphatic hydroxyl groups is 1. The largest absolute Gasteiger partial charge is 0.465 e. The maximum absolute atomic E-state index is 13.5. The van der Waals surface area contributed by atoms with Gasteiger partial charge in [-0.1, -0.05) is 145 Å². The van der Waals surface area contributed by atoms with Crippen LogP contribution in [-0.4, -0.2) is 113 Å². The SMILES string of the molecule is CCCCCCCCOC(CCC(=O)OCC12CC(C)(COC(=O)CCCN(CC)CC)CC(CO)(CC(C)(COC(=O)CCC(OCCCCCCCC)OCCCCCCCC)C1)C2)OC. The van der Waals surface area contributed by atoms with Gasteiger partial charge in [0, 0.05) is 69.0 Å². The molecule has 0 heterocycles. The molecule has 12 heteroatoms. The third-order valence-electron chi connectivity index (χ3n) is 14.6. The monoisotopic (exact) mass is 968 g/mol. The molecule has 0 saturated heterocycles. The van der Waals surface area contributed by atoms with Gasteiger partial charge in [0.05, 0.1) is 32.7 Å². The van der Waals surface area contributed by atoms with Crippen LogP contribution in [-0.2, 0) is 47.5 Å². The Balaban J connectivity index is 2.14. The highest BCUT2D eigenvalue weighted by Crippen LogP contribution is 2.65. The van der Waals surface area contributed by atoms with Gasteiger partial charge in [-0.2, -0.15) is 0 Å². The van der Waals surface area contributed by atoms with Crippen molar-refractivity contribution in [1.82, 2.24) is 4.90 Å². The normalized spacial score (nSPS) is 23.0. The predicted molar refractivity (Wildman–Crippen MR) is 272 cm³/mol. The van der Waals surface area contributed by atoms with Crippen LogP contribution in [0.5, 0.6) is 0 Å². The topological polar surface area (TPSA) is 139 Å². The number of nitrogens with zero attached hydrogens (tertiary/aromatic N) is 1. The Morgan fingerprint density at radius 2 is 0.868 bits per heavy atom. The van der Waals surface area contributed by atoms with Crippen LogP contribution in [0.1, 0.15) is 235 Å². The van der Waals surface area contributed by atoms with E-state index in [1.807, 2.05) is 0 Å². The molecule has 2 aliphatic carbocycles. The van der Waals surface area contributed by atoms with Crippen molar-refractivity contribution in [2.24, 2.45) is 21.7 Å². The van der Waals surface area contributed by atoms with Gasteiger partial charge in [-0.25, -0.2) is 0 Å². The van der Waals surface area contributed by atoms with Crippen molar-refractivity contribution >= 4 is 17.9 Å². The summed E-state index contributed by atoms with van der Waals surface area (Å²) in [7, 11) is 1.61. The van der Waals surface area contributed by atoms with E-state index >= 15 is 0 Å². The third kappa shape index (κ3) is 26.6. The highest BCUT2D eigenvalue weighted by molar-refractivity contribution is 5.70. The number of rotatable bonds is 44. The third-order valence-corrected chi connectivity index (χ3v) is 14.6. The molecule has 68 heavy (non-hydrogen) atoms. The molecular weight excluding hydrogens is 863 g/mol. The number of hydrogen-bond acceptors (Lipinski definition) is 12. The molecule has 1 N–H and O–H groups in total. The van der Waals surface area contributed by atoms with Gasteiger partial charge in [0.2, 0.25) is 0 Å². The second kappa shape index (κ2) is 36.1. The fourth-order valence-corrected chi connectivity index (χ4v) is 11.6. The minimum Gasteiger partial charge on any atom is -0.465 e. The smallest absolute Gasteiger partial charge is 0.305 e. The fourth-order valence-electron chi connectivity index (χ4n) is 11.6. The molecule has 0 spiro atoms. The van der Waals surface area contributed by atoms with E-state index in [1.54, 1.807) is 7.11 Å². The van der Waals surface area contributed by atoms with E-state index in [0.29, 0.717) is 71.2 Å². The number of ether oxygens (including phenoxy) is 7. The molecule has 2 saturated carbocycles. The summed E-state index contributed by atoms with van der Waals surface area (Å²) in [6.45, 7) is 20.3. The lowest BCUT2D eigenvalue weighted by Crippen LogP contribution is -2.58. The minimum atomic E-state index is -0.542. The van der Waals surface area contributed by atoms with Crippen LogP contribution in [0.25, 0.3) is 0 Å². The van der Waals surface area contributed by atoms with Gasteiger partial charge in [0.25, 0.3) is 0 Å². The van der Waals surface area contributed by atoms with Crippen molar-refractivity contribution in [2.75, 3.05) is 73.0 Å². The van der Waals surface area contributed by atoms with E-state index in [-0.39, 0.29) is 57.2 Å². The maximum atomic E-state index is 13.5. The Morgan fingerprint density at radius 1 is 0.485 bits per heavy atom. The van der Waals surface area contributed by atoms with Crippen LogP contribution in [0.4, 0.5) is 0 Å². The summed E-state index contributed by atoms with van der Waals surface area (Å²) >= 11 is 0. The zero-order valence-electron chi connectivity index (χ0n) is 45.2. The predicted octanol–water partition coefficient (Wildman–Crippen LogP) is 12.7. The number of fused-ring (bicyclic) bond motifs is 2. The number of esters is 3. The van der Waals surface area contributed by atoms with Gasteiger partial charge in [0.1, 0.15) is 0 Å². The Kier molecular flexibility index (Phi) is 33.1. The van der Waals surface area contributed by atoms with Gasteiger partial charge in [0.15, 0.2) is 12.6 Å². The molecule has 0 aromatic carbocycles. The van der Waals surface area contributed by atoms with Crippen LogP contribution < -0.4 is 0 Å². The molecule has 0 amide bonds. The Labute approximate surface area is 416 Å². The number of methoxy groups -OCH3 is 1. The van der Waals surface area contributed by atoms with Crippen molar-refractivity contribution in [3.8, 4) is 0 Å². The summed E-state index contributed by atoms with van der Waals surface area (Å²) in [4.78, 5) is 42.4. The van der Waals surface area contributed by atoms with E-state index in [4.69, 9.17) is 33.2 Å². The van der Waals surface area contributed by atoms with Crippen molar-refractivity contribution in [3.63, 3.8) is 0 Å². The minimum absolute atomic E-state index is 0.0708. The average molecular weight is 968 g/mol.